The number of hydrogen-bond acceptors (Lipinski definition) is 8. The summed E-state index contributed by atoms with van der Waals surface area (Å²) in [7, 11) is 0. The zero-order valence-electron chi connectivity index (χ0n) is 17.6. The average molecular weight is 516 g/mol. The van der Waals surface area contributed by atoms with Gasteiger partial charge in [0.2, 0.25) is 11.9 Å². The largest absolute Gasteiger partial charge is 0.454 e. The molecule has 4 atom stereocenters. The molecule has 4 rings (SSSR count). The number of nitrogens with zero attached hydrogens (tertiary/aromatic N) is 3. The van der Waals surface area contributed by atoms with E-state index in [9.17, 15) is 23.5 Å². The van der Waals surface area contributed by atoms with Crippen LogP contribution in [-0.2, 0) is 19.0 Å². The van der Waals surface area contributed by atoms with E-state index in [-0.39, 0.29) is 26.8 Å². The van der Waals surface area contributed by atoms with Crippen LogP contribution in [0.4, 0.5) is 8.78 Å². The summed E-state index contributed by atoms with van der Waals surface area (Å²) in [4.78, 5) is 28.6. The van der Waals surface area contributed by atoms with Crippen LogP contribution in [0.5, 0.6) is 0 Å². The summed E-state index contributed by atoms with van der Waals surface area (Å²) in [6, 6.07) is 7.61. The molecule has 1 saturated heterocycles. The van der Waals surface area contributed by atoms with Gasteiger partial charge in [-0.15, -0.1) is 0 Å². The molecule has 1 aromatic carbocycles. The monoisotopic (exact) mass is 515 g/mol. The molecule has 13 heteroatoms. The number of benzene rings is 1. The molecule has 3 aromatic rings. The summed E-state index contributed by atoms with van der Waals surface area (Å²) in [6.45, 7) is 2.58. The van der Waals surface area contributed by atoms with Crippen LogP contribution in [0, 0.1) is 6.92 Å². The molecule has 2 aromatic heterocycles. The second kappa shape index (κ2) is 9.06. The highest BCUT2D eigenvalue weighted by molar-refractivity contribution is 6.37. The fourth-order valence-corrected chi connectivity index (χ4v) is 4.12. The van der Waals surface area contributed by atoms with Gasteiger partial charge in [0.25, 0.3) is 6.43 Å². The van der Waals surface area contributed by atoms with Crippen molar-refractivity contribution in [3.63, 3.8) is 0 Å². The van der Waals surface area contributed by atoms with Crippen molar-refractivity contribution in [1.29, 1.82) is 0 Å². The Labute approximate surface area is 201 Å². The number of carbonyl (C=O) groups excluding carboxylic acids is 2. The molecule has 9 nitrogen and oxygen atoms in total. The van der Waals surface area contributed by atoms with E-state index in [0.717, 1.165) is 11.6 Å². The first-order valence-corrected chi connectivity index (χ1v) is 10.6. The molecule has 34 heavy (non-hydrogen) atoms. The van der Waals surface area contributed by atoms with Gasteiger partial charge in [0.1, 0.15) is 5.15 Å². The predicted octanol–water partition coefficient (Wildman–Crippen LogP) is 3.69. The molecule has 0 aliphatic carbocycles. The Morgan fingerprint density at radius 3 is 2.62 bits per heavy atom. The molecule has 1 aliphatic rings. The fraction of sp³-hybridized carbons (Fsp3) is 0.333. The minimum absolute atomic E-state index is 0.00199. The summed E-state index contributed by atoms with van der Waals surface area (Å²) in [5.41, 5.74) is -2.66. The maximum Gasteiger partial charge on any atom is 0.340 e. The van der Waals surface area contributed by atoms with Crippen molar-refractivity contribution in [2.45, 2.75) is 44.5 Å². The van der Waals surface area contributed by atoms with Crippen LogP contribution < -0.4 is 0 Å². The first-order chi connectivity index (χ1) is 16.0. The van der Waals surface area contributed by atoms with Crippen LogP contribution in [0.15, 0.2) is 36.5 Å². The van der Waals surface area contributed by atoms with Gasteiger partial charge in [-0.05, 0) is 24.6 Å². The third-order valence-corrected chi connectivity index (χ3v) is 5.81. The Kier molecular flexibility index (Phi) is 6.47. The zero-order valence-corrected chi connectivity index (χ0v) is 19.1. The van der Waals surface area contributed by atoms with E-state index in [1.165, 1.54) is 18.3 Å². The van der Waals surface area contributed by atoms with Crippen molar-refractivity contribution in [2.75, 3.05) is 0 Å². The summed E-state index contributed by atoms with van der Waals surface area (Å²) >= 11 is 12.1. The van der Waals surface area contributed by atoms with Crippen LogP contribution in [0.2, 0.25) is 10.2 Å². The number of ether oxygens (including phenoxy) is 3. The molecule has 0 saturated carbocycles. The lowest BCUT2D eigenvalue weighted by molar-refractivity contribution is -0.230. The van der Waals surface area contributed by atoms with Gasteiger partial charge >= 0.3 is 11.9 Å². The number of pyridine rings is 1. The number of aromatic nitrogens is 3. The Morgan fingerprint density at radius 2 is 1.97 bits per heavy atom. The van der Waals surface area contributed by atoms with E-state index in [1.54, 1.807) is 25.1 Å². The topological polar surface area (TPSA) is 113 Å². The van der Waals surface area contributed by atoms with E-state index in [1.807, 2.05) is 0 Å². The number of aryl methyl sites for hydroxylation is 1. The number of carbonyl (C=O) groups is 2. The summed E-state index contributed by atoms with van der Waals surface area (Å²) in [5.74, 6) is -2.03. The van der Waals surface area contributed by atoms with Crippen molar-refractivity contribution < 1.29 is 37.7 Å². The van der Waals surface area contributed by atoms with Gasteiger partial charge in [-0.25, -0.2) is 23.2 Å². The smallest absolute Gasteiger partial charge is 0.340 e. The van der Waals surface area contributed by atoms with Crippen molar-refractivity contribution in [2.24, 2.45) is 0 Å². The fourth-order valence-electron chi connectivity index (χ4n) is 3.64. The number of fused-ring (bicyclic) bond motifs is 1. The van der Waals surface area contributed by atoms with Crippen molar-refractivity contribution in [1.82, 2.24) is 14.8 Å². The third kappa shape index (κ3) is 4.09. The maximum atomic E-state index is 14.3. The first kappa shape index (κ1) is 24.3. The van der Waals surface area contributed by atoms with Gasteiger partial charge in [0, 0.05) is 6.92 Å². The normalized spacial score (nSPS) is 24.5. The van der Waals surface area contributed by atoms with E-state index < -0.39 is 42.6 Å². The van der Waals surface area contributed by atoms with E-state index >= 15 is 0 Å². The standard InChI is InChI=1S/C21H17Cl2F2N3O6/c1-9-5-3-4-6-11(9)18(30)34-20-21(31,19(24)25)15(32-10(2)29)17(33-20)28-16-12(8-26-28)13(22)7-14(23)27-16/h3-8,15,17,19-20,31H,1-2H3/t15-,17+,20+,21-/m0/s1. The lowest BCUT2D eigenvalue weighted by Crippen LogP contribution is -2.56. The lowest BCUT2D eigenvalue weighted by Gasteiger charge is -2.31. The molecule has 0 bridgehead atoms. The SMILES string of the molecule is CC(=O)O[C@H]1[C@H](n2ncc3c(Cl)cc(Cl)nc32)O[C@H](OC(=O)c2ccccc2C)[C@@]1(O)C(F)F. The van der Waals surface area contributed by atoms with Crippen molar-refractivity contribution in [3.05, 3.63) is 57.8 Å². The Hall–Kier alpha value is -2.86. The molecule has 1 aliphatic heterocycles. The molecule has 0 unspecified atom stereocenters. The van der Waals surface area contributed by atoms with Crippen LogP contribution in [0.3, 0.4) is 0 Å². The van der Waals surface area contributed by atoms with E-state index in [4.69, 9.17) is 37.4 Å². The second-order valence-electron chi connectivity index (χ2n) is 7.55. The molecular weight excluding hydrogens is 499 g/mol. The minimum atomic E-state index is -3.56. The number of alkyl halides is 2. The highest BCUT2D eigenvalue weighted by Crippen LogP contribution is 2.44. The molecule has 3 heterocycles. The van der Waals surface area contributed by atoms with Gasteiger partial charge in [-0.2, -0.15) is 5.10 Å². The van der Waals surface area contributed by atoms with Gasteiger partial charge in [0.05, 0.1) is 22.2 Å². The number of aliphatic hydroxyl groups is 1. The predicted molar refractivity (Wildman–Crippen MR) is 115 cm³/mol. The highest BCUT2D eigenvalue weighted by atomic mass is 35.5. The van der Waals surface area contributed by atoms with Crippen LogP contribution in [0.25, 0.3) is 11.0 Å². The van der Waals surface area contributed by atoms with Crippen molar-refractivity contribution in [3.8, 4) is 0 Å². The molecule has 0 amide bonds. The zero-order chi connectivity index (χ0) is 24.8. The summed E-state index contributed by atoms with van der Waals surface area (Å²) in [6.07, 6.45) is -8.23. The highest BCUT2D eigenvalue weighted by Gasteiger charge is 2.66. The maximum absolute atomic E-state index is 14.3. The van der Waals surface area contributed by atoms with Gasteiger partial charge in [0.15, 0.2) is 18.0 Å². The van der Waals surface area contributed by atoms with Gasteiger partial charge < -0.3 is 19.3 Å². The van der Waals surface area contributed by atoms with Gasteiger partial charge in [-0.1, -0.05) is 41.4 Å². The number of hydrogen-bond donors (Lipinski definition) is 1. The molecule has 0 spiro atoms. The average Bonchev–Trinajstić information content (AvgIpc) is 3.29. The van der Waals surface area contributed by atoms with Crippen molar-refractivity contribution >= 4 is 46.2 Å². The molecular formula is C21H17Cl2F2N3O6. The van der Waals surface area contributed by atoms with Crippen LogP contribution in [-0.4, -0.2) is 56.2 Å². The van der Waals surface area contributed by atoms with E-state index in [2.05, 4.69) is 10.1 Å². The molecule has 180 valence electrons. The van der Waals surface area contributed by atoms with Crippen LogP contribution in [0.1, 0.15) is 29.1 Å². The van der Waals surface area contributed by atoms with E-state index in [0.29, 0.717) is 5.56 Å². The summed E-state index contributed by atoms with van der Waals surface area (Å²) in [5, 5.41) is 15.5. The number of esters is 2. The minimum Gasteiger partial charge on any atom is -0.454 e. The van der Waals surface area contributed by atoms with Crippen LogP contribution >= 0.6 is 23.2 Å². The Morgan fingerprint density at radius 1 is 1.26 bits per heavy atom. The summed E-state index contributed by atoms with van der Waals surface area (Å²) < 4.78 is 45.2. The quantitative estimate of drug-likeness (QED) is 0.404. The van der Waals surface area contributed by atoms with Gasteiger partial charge in [-0.3, -0.25) is 4.79 Å². The molecule has 0 radical (unpaired) electrons. The molecule has 1 fully saturated rings. The third-order valence-electron chi connectivity index (χ3n) is 5.30. The Bertz CT molecular complexity index is 1270. The Balaban J connectivity index is 1.79. The molecule has 1 N–H and O–H groups in total. The second-order valence-corrected chi connectivity index (χ2v) is 8.34. The number of halogens is 4. The first-order valence-electron chi connectivity index (χ1n) is 9.83. The number of rotatable bonds is 5. The lowest BCUT2D eigenvalue weighted by atomic mass is 9.97.